The first-order valence-electron chi connectivity index (χ1n) is 11.8. The lowest BCUT2D eigenvalue weighted by Gasteiger charge is -2.16. The van der Waals surface area contributed by atoms with E-state index < -0.39 is 5.97 Å². The molecule has 3 aromatic carbocycles. The Morgan fingerprint density at radius 3 is 2.47 bits per heavy atom. The average Bonchev–Trinajstić information content (AvgIpc) is 3.38. The smallest absolute Gasteiger partial charge is 0.337 e. The van der Waals surface area contributed by atoms with Crippen molar-refractivity contribution in [3.8, 4) is 5.75 Å². The number of allylic oxidation sites excluding steroid dienone is 2. The molecule has 7 heteroatoms. The van der Waals surface area contributed by atoms with Crippen LogP contribution in [-0.4, -0.2) is 19.0 Å². The molecule has 0 heterocycles. The third-order valence-corrected chi connectivity index (χ3v) is 6.59. The van der Waals surface area contributed by atoms with E-state index in [2.05, 4.69) is 21.2 Å². The Kier molecular flexibility index (Phi) is 8.21. The first-order valence-corrected chi connectivity index (χ1v) is 12.6. The van der Waals surface area contributed by atoms with Crippen molar-refractivity contribution in [3.05, 3.63) is 93.2 Å². The van der Waals surface area contributed by atoms with Gasteiger partial charge in [0.15, 0.2) is 0 Å². The number of anilines is 1. The second-order valence-electron chi connectivity index (χ2n) is 8.56. The van der Waals surface area contributed by atoms with E-state index in [0.29, 0.717) is 24.3 Å². The molecule has 1 amide bonds. The fraction of sp³-hybridized carbons (Fsp3) is 0.241. The molecule has 3 aromatic rings. The largest absolute Gasteiger partial charge is 0.488 e. The van der Waals surface area contributed by atoms with Gasteiger partial charge in [-0.05, 0) is 90.1 Å². The SMILES string of the molecule is CCC(=O)Nc1cc(C(=O)OC)cc(C2=C(c3cc(Br)ccc3OCc3ccc(F)cc3)CCC2)c1. The quantitative estimate of drug-likeness (QED) is 0.296. The Balaban J connectivity index is 1.75. The predicted molar refractivity (Wildman–Crippen MR) is 142 cm³/mol. The summed E-state index contributed by atoms with van der Waals surface area (Å²) in [4.78, 5) is 24.4. The minimum Gasteiger partial charge on any atom is -0.488 e. The van der Waals surface area contributed by atoms with E-state index in [1.54, 1.807) is 25.1 Å². The zero-order valence-electron chi connectivity index (χ0n) is 20.2. The van der Waals surface area contributed by atoms with Crippen LogP contribution in [0.25, 0.3) is 11.1 Å². The number of hydrogen-bond acceptors (Lipinski definition) is 4. The lowest BCUT2D eigenvalue weighted by Crippen LogP contribution is -2.11. The van der Waals surface area contributed by atoms with Gasteiger partial charge in [-0.2, -0.15) is 0 Å². The van der Waals surface area contributed by atoms with Crippen LogP contribution in [0.15, 0.2) is 65.1 Å². The molecule has 5 nitrogen and oxygen atoms in total. The Labute approximate surface area is 218 Å². The lowest BCUT2D eigenvalue weighted by atomic mass is 9.94. The Morgan fingerprint density at radius 1 is 1.00 bits per heavy atom. The molecule has 186 valence electrons. The van der Waals surface area contributed by atoms with Crippen LogP contribution < -0.4 is 10.1 Å². The van der Waals surface area contributed by atoms with E-state index in [-0.39, 0.29) is 11.7 Å². The first kappa shape index (κ1) is 25.6. The number of carbonyl (C=O) groups excluding carboxylic acids is 2. The van der Waals surface area contributed by atoms with E-state index in [9.17, 15) is 14.0 Å². The van der Waals surface area contributed by atoms with Crippen LogP contribution >= 0.6 is 15.9 Å². The van der Waals surface area contributed by atoms with E-state index in [0.717, 1.165) is 57.3 Å². The summed E-state index contributed by atoms with van der Waals surface area (Å²) in [6, 6.07) is 17.5. The van der Waals surface area contributed by atoms with Gasteiger partial charge in [0.05, 0.1) is 12.7 Å². The first-order chi connectivity index (χ1) is 17.4. The van der Waals surface area contributed by atoms with E-state index in [4.69, 9.17) is 9.47 Å². The third kappa shape index (κ3) is 6.02. The van der Waals surface area contributed by atoms with Gasteiger partial charge in [0.1, 0.15) is 18.2 Å². The Bertz CT molecular complexity index is 1320. The summed E-state index contributed by atoms with van der Waals surface area (Å²) in [6.07, 6.45) is 2.95. The van der Waals surface area contributed by atoms with Crippen molar-refractivity contribution in [1.29, 1.82) is 0 Å². The number of nitrogens with one attached hydrogen (secondary N) is 1. The van der Waals surface area contributed by atoms with Gasteiger partial charge < -0.3 is 14.8 Å². The van der Waals surface area contributed by atoms with Crippen LogP contribution in [0.4, 0.5) is 10.1 Å². The number of halogens is 2. The number of methoxy groups -OCH3 is 1. The number of amides is 1. The summed E-state index contributed by atoms with van der Waals surface area (Å²) < 4.78 is 25.3. The van der Waals surface area contributed by atoms with E-state index >= 15 is 0 Å². The fourth-order valence-electron chi connectivity index (χ4n) is 4.32. The van der Waals surface area contributed by atoms with Crippen LogP contribution in [0, 0.1) is 5.82 Å². The maximum absolute atomic E-state index is 13.3. The van der Waals surface area contributed by atoms with Crippen molar-refractivity contribution >= 4 is 44.6 Å². The van der Waals surface area contributed by atoms with E-state index in [1.807, 2.05) is 30.3 Å². The van der Waals surface area contributed by atoms with E-state index in [1.165, 1.54) is 19.2 Å². The second-order valence-corrected chi connectivity index (χ2v) is 9.47. The highest BCUT2D eigenvalue weighted by atomic mass is 79.9. The summed E-state index contributed by atoms with van der Waals surface area (Å²) in [5, 5.41) is 2.86. The molecule has 0 fully saturated rings. The molecule has 1 aliphatic carbocycles. The fourth-order valence-corrected chi connectivity index (χ4v) is 4.69. The topological polar surface area (TPSA) is 64.6 Å². The summed E-state index contributed by atoms with van der Waals surface area (Å²) in [6.45, 7) is 2.08. The van der Waals surface area contributed by atoms with Crippen LogP contribution in [0.2, 0.25) is 0 Å². The summed E-state index contributed by atoms with van der Waals surface area (Å²) in [5.41, 5.74) is 5.84. The highest BCUT2D eigenvalue weighted by molar-refractivity contribution is 9.10. The molecular weight excluding hydrogens is 525 g/mol. The predicted octanol–water partition coefficient (Wildman–Crippen LogP) is 7.40. The number of rotatable bonds is 8. The summed E-state index contributed by atoms with van der Waals surface area (Å²) in [5.74, 6) is -0.157. The van der Waals surface area contributed by atoms with Gasteiger partial charge in [-0.1, -0.05) is 35.0 Å². The molecule has 0 aromatic heterocycles. The minimum atomic E-state index is -0.463. The van der Waals surface area contributed by atoms with Gasteiger partial charge in [0.25, 0.3) is 0 Å². The Morgan fingerprint density at radius 2 is 1.75 bits per heavy atom. The number of hydrogen-bond donors (Lipinski definition) is 1. The molecule has 0 unspecified atom stereocenters. The molecule has 0 radical (unpaired) electrons. The van der Waals surface area contributed by atoms with Gasteiger partial charge in [-0.3, -0.25) is 4.79 Å². The maximum atomic E-state index is 13.3. The third-order valence-electron chi connectivity index (χ3n) is 6.10. The normalized spacial score (nSPS) is 13.0. The molecule has 0 spiro atoms. The monoisotopic (exact) mass is 551 g/mol. The van der Waals surface area contributed by atoms with Crippen molar-refractivity contribution < 1.29 is 23.5 Å². The highest BCUT2D eigenvalue weighted by Crippen LogP contribution is 2.44. The van der Waals surface area contributed by atoms with Crippen LogP contribution in [0.3, 0.4) is 0 Å². The molecule has 36 heavy (non-hydrogen) atoms. The standard InChI is InChI=1S/C29H27BrFNO4/c1-3-28(33)32-23-14-19(13-20(15-23)29(34)35-2)24-5-4-6-25(24)26-16-21(30)9-12-27(26)36-17-18-7-10-22(31)11-8-18/h7-16H,3-6,17H2,1-2H3,(H,32,33). The highest BCUT2D eigenvalue weighted by Gasteiger charge is 2.23. The van der Waals surface area contributed by atoms with Gasteiger partial charge in [0, 0.05) is 22.1 Å². The number of ether oxygens (including phenoxy) is 2. The molecule has 0 saturated heterocycles. The molecule has 0 atom stereocenters. The lowest BCUT2D eigenvalue weighted by molar-refractivity contribution is -0.115. The van der Waals surface area contributed by atoms with Crippen molar-refractivity contribution in [2.75, 3.05) is 12.4 Å². The van der Waals surface area contributed by atoms with Crippen molar-refractivity contribution in [2.45, 2.75) is 39.2 Å². The average molecular weight is 552 g/mol. The zero-order valence-corrected chi connectivity index (χ0v) is 21.8. The van der Waals surface area contributed by atoms with Crippen LogP contribution in [-0.2, 0) is 16.1 Å². The molecule has 1 N–H and O–H groups in total. The number of benzene rings is 3. The molecular formula is C29H27BrFNO4. The summed E-state index contributed by atoms with van der Waals surface area (Å²) >= 11 is 3.58. The molecule has 0 bridgehead atoms. The molecule has 4 rings (SSSR count). The van der Waals surface area contributed by atoms with Crippen LogP contribution in [0.5, 0.6) is 5.75 Å². The van der Waals surface area contributed by atoms with Crippen molar-refractivity contribution in [1.82, 2.24) is 0 Å². The number of esters is 1. The van der Waals surface area contributed by atoms with Crippen molar-refractivity contribution in [2.24, 2.45) is 0 Å². The zero-order chi connectivity index (χ0) is 25.7. The number of carbonyl (C=O) groups is 2. The molecule has 0 aliphatic heterocycles. The molecule has 1 aliphatic rings. The molecule has 0 saturated carbocycles. The van der Waals surface area contributed by atoms with Gasteiger partial charge in [-0.25, -0.2) is 9.18 Å². The van der Waals surface area contributed by atoms with Crippen molar-refractivity contribution in [3.63, 3.8) is 0 Å². The Hall–Kier alpha value is -3.45. The van der Waals surface area contributed by atoms with Gasteiger partial charge in [-0.15, -0.1) is 0 Å². The van der Waals surface area contributed by atoms with Gasteiger partial charge in [0.2, 0.25) is 5.91 Å². The summed E-state index contributed by atoms with van der Waals surface area (Å²) in [7, 11) is 1.34. The van der Waals surface area contributed by atoms with Gasteiger partial charge >= 0.3 is 5.97 Å². The minimum absolute atomic E-state index is 0.132. The maximum Gasteiger partial charge on any atom is 0.337 e. The second kappa shape index (κ2) is 11.5. The van der Waals surface area contributed by atoms with Crippen LogP contribution in [0.1, 0.15) is 59.7 Å².